The second-order valence-corrected chi connectivity index (χ2v) is 5.86. The molecule has 2 fully saturated rings. The fourth-order valence-electron chi connectivity index (χ4n) is 2.46. The molecule has 1 amide bonds. The van der Waals surface area contributed by atoms with Crippen molar-refractivity contribution in [1.82, 2.24) is 4.90 Å². The summed E-state index contributed by atoms with van der Waals surface area (Å²) >= 11 is 3.38. The lowest BCUT2D eigenvalue weighted by molar-refractivity contribution is -0.176. The Bertz CT molecular complexity index is 491. The number of hydrogen-bond donors (Lipinski definition) is 0. The summed E-state index contributed by atoms with van der Waals surface area (Å²) in [6.45, 7) is 3.20. The third-order valence-corrected chi connectivity index (χ3v) is 4.21. The molecule has 1 aromatic rings. The molecule has 0 aromatic heterocycles. The van der Waals surface area contributed by atoms with Gasteiger partial charge >= 0.3 is 0 Å². The first kappa shape index (κ1) is 12.0. The molecule has 2 aliphatic rings. The quantitative estimate of drug-likeness (QED) is 0.838. The fourth-order valence-corrected chi connectivity index (χ4v) is 2.86. The van der Waals surface area contributed by atoms with Crippen molar-refractivity contribution in [3.63, 3.8) is 0 Å². The number of halogens is 1. The minimum atomic E-state index is 0.0679. The first-order chi connectivity index (χ1) is 8.63. The minimum absolute atomic E-state index is 0.0679. The first-order valence-corrected chi connectivity index (χ1v) is 6.63. The van der Waals surface area contributed by atoms with Gasteiger partial charge in [0, 0.05) is 18.7 Å². The van der Waals surface area contributed by atoms with Crippen LogP contribution in [0.2, 0.25) is 0 Å². The zero-order valence-electron chi connectivity index (χ0n) is 10.1. The van der Waals surface area contributed by atoms with Crippen molar-refractivity contribution < 1.29 is 14.3 Å². The Kier molecular flexibility index (Phi) is 2.83. The van der Waals surface area contributed by atoms with Crippen LogP contribution in [-0.4, -0.2) is 44.2 Å². The van der Waals surface area contributed by atoms with Gasteiger partial charge in [0.2, 0.25) is 0 Å². The van der Waals surface area contributed by atoms with Gasteiger partial charge in [-0.1, -0.05) is 0 Å². The summed E-state index contributed by atoms with van der Waals surface area (Å²) in [5, 5.41) is 0. The van der Waals surface area contributed by atoms with Gasteiger partial charge in [-0.15, -0.1) is 0 Å². The van der Waals surface area contributed by atoms with Gasteiger partial charge in [0.25, 0.3) is 5.91 Å². The monoisotopic (exact) mass is 311 g/mol. The molecule has 0 aliphatic carbocycles. The van der Waals surface area contributed by atoms with E-state index >= 15 is 0 Å². The summed E-state index contributed by atoms with van der Waals surface area (Å²) in [4.78, 5) is 14.1. The summed E-state index contributed by atoms with van der Waals surface area (Å²) in [6.07, 6.45) is 0. The van der Waals surface area contributed by atoms with Crippen LogP contribution in [0.3, 0.4) is 0 Å². The average Bonchev–Trinajstić information content (AvgIpc) is 2.25. The van der Waals surface area contributed by atoms with E-state index in [9.17, 15) is 4.79 Å². The standard InChI is InChI=1S/C13H14BrNO3/c1-17-11-4-9(2-3-10(11)14)12(16)15-5-13(6-15)7-18-8-13/h2-4H,5-8H2,1H3. The van der Waals surface area contributed by atoms with Crippen LogP contribution < -0.4 is 4.74 Å². The van der Waals surface area contributed by atoms with Gasteiger partial charge in [-0.05, 0) is 34.1 Å². The van der Waals surface area contributed by atoms with E-state index in [1.54, 1.807) is 13.2 Å². The molecule has 0 saturated carbocycles. The number of rotatable bonds is 2. The predicted molar refractivity (Wildman–Crippen MR) is 69.8 cm³/mol. The molecule has 0 bridgehead atoms. The second-order valence-electron chi connectivity index (χ2n) is 5.00. The normalized spacial score (nSPS) is 20.2. The van der Waals surface area contributed by atoms with E-state index < -0.39 is 0 Å². The number of amides is 1. The molecular formula is C13H14BrNO3. The lowest BCUT2D eigenvalue weighted by atomic mass is 9.78. The smallest absolute Gasteiger partial charge is 0.254 e. The van der Waals surface area contributed by atoms with Gasteiger partial charge in [0.15, 0.2) is 0 Å². The molecule has 0 unspecified atom stereocenters. The lowest BCUT2D eigenvalue weighted by Gasteiger charge is -2.54. The highest BCUT2D eigenvalue weighted by Crippen LogP contribution is 2.38. The molecule has 5 heteroatoms. The molecule has 1 spiro atoms. The molecule has 2 saturated heterocycles. The lowest BCUT2D eigenvalue weighted by Crippen LogP contribution is -2.67. The van der Waals surface area contributed by atoms with Gasteiger partial charge < -0.3 is 14.4 Å². The molecule has 96 valence electrons. The maximum absolute atomic E-state index is 12.2. The maximum atomic E-state index is 12.2. The van der Waals surface area contributed by atoms with Gasteiger partial charge in [-0.3, -0.25) is 4.79 Å². The highest BCUT2D eigenvalue weighted by atomic mass is 79.9. The van der Waals surface area contributed by atoms with Crippen molar-refractivity contribution in [3.8, 4) is 5.75 Å². The highest BCUT2D eigenvalue weighted by Gasteiger charge is 2.50. The third kappa shape index (κ3) is 1.82. The molecule has 3 rings (SSSR count). The second kappa shape index (κ2) is 4.24. The van der Waals surface area contributed by atoms with Crippen LogP contribution in [0.25, 0.3) is 0 Å². The highest BCUT2D eigenvalue weighted by molar-refractivity contribution is 9.10. The summed E-state index contributed by atoms with van der Waals surface area (Å²) in [7, 11) is 1.60. The van der Waals surface area contributed by atoms with Crippen LogP contribution >= 0.6 is 15.9 Å². The van der Waals surface area contributed by atoms with Crippen LogP contribution in [0.5, 0.6) is 5.75 Å². The van der Waals surface area contributed by atoms with Crippen molar-refractivity contribution in [2.24, 2.45) is 5.41 Å². The molecular weight excluding hydrogens is 298 g/mol. The molecule has 1 aromatic carbocycles. The Hall–Kier alpha value is -1.07. The molecule has 0 N–H and O–H groups in total. The molecule has 0 atom stereocenters. The minimum Gasteiger partial charge on any atom is -0.496 e. The molecule has 18 heavy (non-hydrogen) atoms. The van der Waals surface area contributed by atoms with Crippen LogP contribution in [0, 0.1) is 5.41 Å². The Morgan fingerprint density at radius 3 is 2.72 bits per heavy atom. The number of hydrogen-bond acceptors (Lipinski definition) is 3. The number of carbonyl (C=O) groups excluding carboxylic acids is 1. The topological polar surface area (TPSA) is 38.8 Å². The van der Waals surface area contributed by atoms with E-state index in [-0.39, 0.29) is 11.3 Å². The van der Waals surface area contributed by atoms with Crippen molar-refractivity contribution in [2.45, 2.75) is 0 Å². The maximum Gasteiger partial charge on any atom is 0.254 e. The van der Waals surface area contributed by atoms with Gasteiger partial charge in [0.1, 0.15) is 5.75 Å². The number of likely N-dealkylation sites (tertiary alicyclic amines) is 1. The Labute approximate surface area is 114 Å². The van der Waals surface area contributed by atoms with Crippen molar-refractivity contribution >= 4 is 21.8 Å². The zero-order valence-corrected chi connectivity index (χ0v) is 11.7. The van der Waals surface area contributed by atoms with Crippen molar-refractivity contribution in [2.75, 3.05) is 33.4 Å². The Balaban J connectivity index is 1.73. The Morgan fingerprint density at radius 2 is 2.17 bits per heavy atom. The van der Waals surface area contributed by atoms with Gasteiger partial charge in [-0.2, -0.15) is 0 Å². The summed E-state index contributed by atoms with van der Waals surface area (Å²) in [6, 6.07) is 5.43. The number of methoxy groups -OCH3 is 1. The average molecular weight is 312 g/mol. The van der Waals surface area contributed by atoms with E-state index in [2.05, 4.69) is 15.9 Å². The van der Waals surface area contributed by atoms with Crippen LogP contribution in [0.4, 0.5) is 0 Å². The number of nitrogens with zero attached hydrogens (tertiary/aromatic N) is 1. The largest absolute Gasteiger partial charge is 0.496 e. The van der Waals surface area contributed by atoms with E-state index in [1.807, 2.05) is 17.0 Å². The fraction of sp³-hybridized carbons (Fsp3) is 0.462. The summed E-state index contributed by atoms with van der Waals surface area (Å²) in [5.74, 6) is 0.751. The van der Waals surface area contributed by atoms with E-state index in [0.717, 1.165) is 30.8 Å². The summed E-state index contributed by atoms with van der Waals surface area (Å²) in [5.41, 5.74) is 0.930. The molecule has 0 radical (unpaired) electrons. The first-order valence-electron chi connectivity index (χ1n) is 5.84. The van der Waals surface area contributed by atoms with Crippen LogP contribution in [-0.2, 0) is 4.74 Å². The van der Waals surface area contributed by atoms with Crippen LogP contribution in [0.15, 0.2) is 22.7 Å². The number of ether oxygens (including phenoxy) is 2. The molecule has 2 aliphatic heterocycles. The number of benzene rings is 1. The zero-order chi connectivity index (χ0) is 12.8. The van der Waals surface area contributed by atoms with E-state index in [0.29, 0.717) is 11.3 Å². The summed E-state index contributed by atoms with van der Waals surface area (Å²) < 4.78 is 11.3. The predicted octanol–water partition coefficient (Wildman–Crippen LogP) is 1.93. The molecule has 2 heterocycles. The van der Waals surface area contributed by atoms with E-state index in [1.165, 1.54) is 0 Å². The Morgan fingerprint density at radius 1 is 1.44 bits per heavy atom. The SMILES string of the molecule is COc1cc(C(=O)N2CC3(COC3)C2)ccc1Br. The van der Waals surface area contributed by atoms with Gasteiger partial charge in [0.05, 0.1) is 30.2 Å². The van der Waals surface area contributed by atoms with Crippen molar-refractivity contribution in [3.05, 3.63) is 28.2 Å². The van der Waals surface area contributed by atoms with Crippen LogP contribution in [0.1, 0.15) is 10.4 Å². The molecule has 4 nitrogen and oxygen atoms in total. The van der Waals surface area contributed by atoms with Crippen molar-refractivity contribution in [1.29, 1.82) is 0 Å². The van der Waals surface area contributed by atoms with Gasteiger partial charge in [-0.25, -0.2) is 0 Å². The number of carbonyl (C=O) groups is 1. The third-order valence-electron chi connectivity index (χ3n) is 3.55. The van der Waals surface area contributed by atoms with E-state index in [4.69, 9.17) is 9.47 Å².